The van der Waals surface area contributed by atoms with Crippen LogP contribution in [-0.4, -0.2) is 37.5 Å². The van der Waals surface area contributed by atoms with Gasteiger partial charge in [-0.3, -0.25) is 9.36 Å². The van der Waals surface area contributed by atoms with Gasteiger partial charge in [-0.1, -0.05) is 77.7 Å². The molecule has 5 rings (SSSR count). The summed E-state index contributed by atoms with van der Waals surface area (Å²) in [6.45, 7) is -0.0611. The van der Waals surface area contributed by atoms with Crippen LogP contribution in [-0.2, 0) is 37.0 Å². The quantitative estimate of drug-likeness (QED) is 0.106. The fraction of sp³-hybridized carbons (Fsp3) is 0.118. The zero-order valence-corrected chi connectivity index (χ0v) is 27.9. The van der Waals surface area contributed by atoms with Crippen molar-refractivity contribution in [2.75, 3.05) is 6.26 Å². The molecule has 0 aliphatic rings. The Kier molecular flexibility index (Phi) is 10.3. The number of halogens is 2. The maximum atomic E-state index is 13.5. The fourth-order valence-corrected chi connectivity index (χ4v) is 6.92. The first-order valence-corrected chi connectivity index (χ1v) is 18.2. The molecule has 1 aromatic heterocycles. The molecule has 13 heteroatoms. The van der Waals surface area contributed by atoms with Gasteiger partial charge in [0.15, 0.2) is 9.84 Å². The number of hydrogen-bond donors (Lipinski definition) is 2. The van der Waals surface area contributed by atoms with Gasteiger partial charge in [0.1, 0.15) is 18.2 Å². The van der Waals surface area contributed by atoms with Crippen molar-refractivity contribution >= 4 is 68.6 Å². The monoisotopic (exact) mass is 709 g/mol. The first-order valence-electron chi connectivity index (χ1n) is 13.9. The Morgan fingerprint density at radius 1 is 0.957 bits per heavy atom. The molecule has 9 nitrogen and oxygen atoms in total. The number of esters is 1. The van der Waals surface area contributed by atoms with E-state index in [1.165, 1.54) is 48.7 Å². The van der Waals surface area contributed by atoms with E-state index in [1.54, 1.807) is 42.5 Å². The van der Waals surface area contributed by atoms with Crippen LogP contribution in [0.3, 0.4) is 0 Å². The first kappa shape index (κ1) is 34.0. The Labute approximate surface area is 280 Å². The van der Waals surface area contributed by atoms with Crippen LogP contribution in [0.4, 0.5) is 0 Å². The summed E-state index contributed by atoms with van der Waals surface area (Å²) in [4.78, 5) is 37.4. The minimum Gasteiger partial charge on any atom is -0.464 e. The van der Waals surface area contributed by atoms with Crippen molar-refractivity contribution in [2.24, 2.45) is 0 Å². The average molecular weight is 711 g/mol. The summed E-state index contributed by atoms with van der Waals surface area (Å²) in [5.74, 6) is 1.02. The number of fused-ring (bicyclic) bond motifs is 1. The average Bonchev–Trinajstić information content (AvgIpc) is 3.51. The van der Waals surface area contributed by atoms with Crippen molar-refractivity contribution < 1.29 is 36.6 Å². The smallest absolute Gasteiger partial charge is 0.329 e. The molecule has 1 amide bonds. The largest absolute Gasteiger partial charge is 0.464 e. The number of amides is 1. The highest BCUT2D eigenvalue weighted by molar-refractivity contribution is 7.90. The first-order chi connectivity index (χ1) is 22.3. The molecule has 47 heavy (non-hydrogen) atoms. The molecule has 0 fully saturated rings. The lowest BCUT2D eigenvalue weighted by molar-refractivity contribution is -0.147. The van der Waals surface area contributed by atoms with Gasteiger partial charge < -0.3 is 19.4 Å². The predicted octanol–water partition coefficient (Wildman–Crippen LogP) is 6.13. The third kappa shape index (κ3) is 8.52. The van der Waals surface area contributed by atoms with Crippen molar-refractivity contribution in [1.29, 1.82) is 0 Å². The molecule has 0 saturated carbocycles. The fourth-order valence-electron chi connectivity index (χ4n) is 4.59. The molecule has 0 radical (unpaired) electrons. The highest BCUT2D eigenvalue weighted by atomic mass is 35.5. The molecule has 2 atom stereocenters. The summed E-state index contributed by atoms with van der Waals surface area (Å²) in [6.07, 6.45) is 2.43. The lowest BCUT2D eigenvalue weighted by Crippen LogP contribution is -2.43. The number of hydrogen-bond acceptors (Lipinski definition) is 7. The number of sulfone groups is 1. The molecule has 5 aromatic rings. The Hall–Kier alpha value is -4.36. The summed E-state index contributed by atoms with van der Waals surface area (Å²) in [5.41, 5.74) is 3.98. The molecule has 4 aromatic carbocycles. The second-order valence-corrected chi connectivity index (χ2v) is 15.2. The summed E-state index contributed by atoms with van der Waals surface area (Å²) in [5, 5.41) is 3.20. The number of rotatable bonds is 9. The lowest BCUT2D eigenvalue weighted by Gasteiger charge is -2.19. The third-order valence-corrected chi connectivity index (χ3v) is 10.1. The molecule has 0 aliphatic carbocycles. The Balaban J connectivity index is 1.38. The van der Waals surface area contributed by atoms with E-state index in [9.17, 15) is 27.5 Å². The van der Waals surface area contributed by atoms with Crippen molar-refractivity contribution in [3.8, 4) is 11.6 Å². The predicted molar refractivity (Wildman–Crippen MR) is 180 cm³/mol. The molecular weight excluding hydrogens is 684 g/mol. The Bertz CT molecular complexity index is 2180. The second-order valence-electron chi connectivity index (χ2n) is 10.5. The van der Waals surface area contributed by atoms with Crippen LogP contribution in [0.1, 0.15) is 27.0 Å². The van der Waals surface area contributed by atoms with E-state index in [1.807, 2.05) is 6.07 Å². The second kappa shape index (κ2) is 14.2. The number of carbonyl (C=O) groups excluding carboxylic acids is 2. The van der Waals surface area contributed by atoms with Crippen molar-refractivity contribution in [3.05, 3.63) is 130 Å². The highest BCUT2D eigenvalue weighted by Gasteiger charge is 2.27. The topological polar surface area (TPSA) is 140 Å². The maximum absolute atomic E-state index is 13.5. The van der Waals surface area contributed by atoms with Crippen LogP contribution in [0, 0.1) is 11.6 Å². The van der Waals surface area contributed by atoms with E-state index in [4.69, 9.17) is 32.4 Å². The van der Waals surface area contributed by atoms with Gasteiger partial charge in [-0.2, -0.15) is 0 Å². The number of furan rings is 1. The summed E-state index contributed by atoms with van der Waals surface area (Å²) in [6, 6.07) is 22.6. The molecule has 0 saturated heterocycles. The minimum absolute atomic E-state index is 0.0504. The van der Waals surface area contributed by atoms with Gasteiger partial charge in [0.25, 0.3) is 5.91 Å². The van der Waals surface area contributed by atoms with Gasteiger partial charge in [-0.15, -0.1) is 0 Å². The zero-order valence-electron chi connectivity index (χ0n) is 24.6. The van der Waals surface area contributed by atoms with Gasteiger partial charge in [-0.25, -0.2) is 13.2 Å². The van der Waals surface area contributed by atoms with Gasteiger partial charge >= 0.3 is 13.3 Å². The molecule has 240 valence electrons. The van der Waals surface area contributed by atoms with Crippen LogP contribution in [0.15, 0.2) is 107 Å². The van der Waals surface area contributed by atoms with Crippen LogP contribution < -0.4 is 10.6 Å². The molecule has 2 N–H and O–H groups in total. The van der Waals surface area contributed by atoms with Gasteiger partial charge in [0.2, 0.25) is 0 Å². The highest BCUT2D eigenvalue weighted by Crippen LogP contribution is 2.39. The van der Waals surface area contributed by atoms with E-state index in [0.717, 1.165) is 17.2 Å². The molecule has 0 spiro atoms. The minimum atomic E-state index is -4.13. The van der Waals surface area contributed by atoms with Crippen molar-refractivity contribution in [3.63, 3.8) is 0 Å². The number of carbonyl (C=O) groups is 2. The third-order valence-electron chi connectivity index (χ3n) is 6.99. The molecule has 0 bridgehead atoms. The van der Waals surface area contributed by atoms with Gasteiger partial charge in [-0.05, 0) is 59.3 Å². The normalized spacial score (nSPS) is 13.2. The van der Waals surface area contributed by atoms with E-state index < -0.39 is 35.1 Å². The lowest BCUT2D eigenvalue weighted by atomic mass is 10.0. The number of ether oxygens (including phenoxy) is 1. The Morgan fingerprint density at radius 2 is 1.66 bits per heavy atom. The zero-order chi connectivity index (χ0) is 33.8. The summed E-state index contributed by atoms with van der Waals surface area (Å²) >= 11 is 12.9. The van der Waals surface area contributed by atoms with Crippen LogP contribution >= 0.6 is 30.6 Å². The van der Waals surface area contributed by atoms with Crippen molar-refractivity contribution in [2.45, 2.75) is 24.0 Å². The summed E-state index contributed by atoms with van der Waals surface area (Å²) in [7, 11) is -7.67. The van der Waals surface area contributed by atoms with E-state index in [0.29, 0.717) is 11.1 Å². The van der Waals surface area contributed by atoms with E-state index >= 15 is 0 Å². The summed E-state index contributed by atoms with van der Waals surface area (Å²) < 4.78 is 48.0. The van der Waals surface area contributed by atoms with Gasteiger partial charge in [0.05, 0.1) is 32.1 Å². The molecular formula is C34H26Cl2NO8PS. The van der Waals surface area contributed by atoms with Crippen LogP contribution in [0.5, 0.6) is 0 Å². The number of nitrogens with one attached hydrogen (secondary N) is 1. The van der Waals surface area contributed by atoms with E-state index in [-0.39, 0.29) is 44.4 Å². The molecule has 1 heterocycles. The molecule has 0 aliphatic heterocycles. The van der Waals surface area contributed by atoms with E-state index in [2.05, 4.69) is 16.9 Å². The standard InChI is InChI=1S/C34H26Cl2NO8PS/c1-47(42,43)27-9-5-8-23(16-27)19-30(34(39)45-21-22-6-3-2-4-7-22)37-33(38)32-28(35)17-24(18-29(32)36)13-15-46(40,41)26-11-10-25-12-14-44-31(25)20-26/h2-12,14,16-18,20,30H,19,21H2,1H3,(H,37,38)(H,40,41)/t30-/m0/s1. The van der Waals surface area contributed by atoms with Crippen LogP contribution in [0.25, 0.3) is 11.0 Å². The Morgan fingerprint density at radius 3 is 2.36 bits per heavy atom. The SMILES string of the molecule is CS(=O)(=O)c1cccc(C[C@H](NC(=O)c2c(Cl)cc(C#CP(=O)(O)c3ccc4ccoc4c3)cc2Cl)C(=O)OCc2ccccc2)c1. The van der Waals surface area contributed by atoms with Crippen molar-refractivity contribution in [1.82, 2.24) is 5.32 Å². The maximum Gasteiger partial charge on any atom is 0.329 e. The van der Waals surface area contributed by atoms with Gasteiger partial charge in [0, 0.05) is 23.6 Å². The number of benzene rings is 4. The molecule has 1 unspecified atom stereocenters. The van der Waals surface area contributed by atoms with Crippen LogP contribution in [0.2, 0.25) is 10.0 Å².